The zero-order valence-corrected chi connectivity index (χ0v) is 15.8. The molecule has 28 heavy (non-hydrogen) atoms. The van der Waals surface area contributed by atoms with E-state index in [4.69, 9.17) is 11.3 Å². The molecule has 0 aliphatic carbocycles. The van der Waals surface area contributed by atoms with E-state index in [2.05, 4.69) is 20.0 Å². The number of nitrogens with one attached hydrogen (secondary N) is 1. The second-order valence-corrected chi connectivity index (χ2v) is 7.56. The van der Waals surface area contributed by atoms with Gasteiger partial charge in [-0.05, 0) is 19.1 Å². The second kappa shape index (κ2) is 7.82. The lowest BCUT2D eigenvalue weighted by Crippen LogP contribution is -2.50. The predicted octanol–water partition coefficient (Wildman–Crippen LogP) is 2.90. The molecule has 2 fully saturated rings. The van der Waals surface area contributed by atoms with E-state index in [0.29, 0.717) is 37.4 Å². The first kappa shape index (κ1) is 18.8. The van der Waals surface area contributed by atoms with Gasteiger partial charge in [0.25, 0.3) is 0 Å². The van der Waals surface area contributed by atoms with Gasteiger partial charge in [-0.1, -0.05) is 12.1 Å². The van der Waals surface area contributed by atoms with E-state index in [1.807, 2.05) is 25.1 Å². The van der Waals surface area contributed by atoms with Crippen molar-refractivity contribution in [1.82, 2.24) is 10.3 Å². The van der Waals surface area contributed by atoms with Gasteiger partial charge in [0, 0.05) is 49.2 Å². The minimum Gasteiger partial charge on any atom is -0.365 e. The number of hydrogen-bond donors (Lipinski definition) is 1. The summed E-state index contributed by atoms with van der Waals surface area (Å²) in [5.41, 5.74) is 2.11. The van der Waals surface area contributed by atoms with Crippen LogP contribution in [0.4, 0.5) is 15.8 Å². The number of Topliss-reactive ketones (excluding diaryl/α,β-unsaturated/α-hetero) is 1. The Morgan fingerprint density at radius 1 is 1.39 bits per heavy atom. The summed E-state index contributed by atoms with van der Waals surface area (Å²) in [4.78, 5) is 22.8. The lowest BCUT2D eigenvalue weighted by molar-refractivity contribution is -0.136. The van der Waals surface area contributed by atoms with Crippen LogP contribution < -0.4 is 10.2 Å². The molecule has 2 aliphatic rings. The van der Waals surface area contributed by atoms with Crippen LogP contribution in [0.15, 0.2) is 30.5 Å². The molecule has 1 aromatic carbocycles. The highest BCUT2D eigenvalue weighted by Crippen LogP contribution is 2.34. The van der Waals surface area contributed by atoms with E-state index in [1.54, 1.807) is 12.3 Å². The quantitative estimate of drug-likeness (QED) is 0.824. The average Bonchev–Trinajstić information content (AvgIpc) is 3.11. The summed E-state index contributed by atoms with van der Waals surface area (Å²) in [5, 5.41) is 3.88. The molecule has 7 heteroatoms. The number of rotatable bonds is 4. The van der Waals surface area contributed by atoms with E-state index < -0.39 is 12.3 Å². The summed E-state index contributed by atoms with van der Waals surface area (Å²) in [6.07, 6.45) is 0.190. The van der Waals surface area contributed by atoms with Crippen molar-refractivity contribution in [1.29, 1.82) is 0 Å². The van der Waals surface area contributed by atoms with Gasteiger partial charge >= 0.3 is 0 Å². The van der Waals surface area contributed by atoms with E-state index in [-0.39, 0.29) is 24.2 Å². The molecule has 2 aromatic rings. The van der Waals surface area contributed by atoms with Gasteiger partial charge in [-0.2, -0.15) is 0 Å². The van der Waals surface area contributed by atoms with E-state index in [1.165, 1.54) is 0 Å². The molecule has 4 rings (SSSR count). The number of morpholine rings is 1. The first-order chi connectivity index (χ1) is 13.6. The molecule has 0 spiro atoms. The van der Waals surface area contributed by atoms with Crippen molar-refractivity contribution in [2.24, 2.45) is 5.92 Å². The minimum absolute atomic E-state index is 0.0480. The molecule has 2 saturated heterocycles. The fraction of sp³-hybridized carbons (Fsp3) is 0.476. The predicted molar refractivity (Wildman–Crippen MR) is 105 cm³/mol. The standard InChI is InChI=1S/C21H23FN4O2/c1-13-11-26(12-20(28-13)19(27)8-14-9-24-10-16(14)22)18-6-5-17(23-2)21-15(18)4-3-7-25-21/h3-7,13-14,16,20,24H,8-12H2,1H3/t13?,14-,16+,20+/m0/s1. The maximum Gasteiger partial charge on any atom is 0.213 e. The van der Waals surface area contributed by atoms with E-state index in [0.717, 1.165) is 11.1 Å². The molecule has 3 heterocycles. The molecule has 1 aromatic heterocycles. The van der Waals surface area contributed by atoms with Crippen molar-refractivity contribution in [3.63, 3.8) is 0 Å². The molecule has 4 atom stereocenters. The topological polar surface area (TPSA) is 58.8 Å². The highest BCUT2D eigenvalue weighted by molar-refractivity contribution is 6.00. The fourth-order valence-corrected chi connectivity index (χ4v) is 4.13. The number of carbonyl (C=O) groups is 1. The molecule has 6 nitrogen and oxygen atoms in total. The Bertz CT molecular complexity index is 928. The smallest absolute Gasteiger partial charge is 0.213 e. The third-order valence-electron chi connectivity index (χ3n) is 5.53. The Balaban J connectivity index is 1.58. The van der Waals surface area contributed by atoms with E-state index >= 15 is 0 Å². The van der Waals surface area contributed by atoms with Gasteiger partial charge in [-0.15, -0.1) is 0 Å². The van der Waals surface area contributed by atoms with Crippen LogP contribution in [0.2, 0.25) is 0 Å². The number of nitrogens with zero attached hydrogens (tertiary/aromatic N) is 3. The molecule has 0 amide bonds. The Morgan fingerprint density at radius 2 is 2.25 bits per heavy atom. The maximum absolute atomic E-state index is 13.9. The summed E-state index contributed by atoms with van der Waals surface area (Å²) in [7, 11) is 0. The van der Waals surface area contributed by atoms with E-state index in [9.17, 15) is 9.18 Å². The number of alkyl halides is 1. The molecule has 146 valence electrons. The largest absolute Gasteiger partial charge is 0.365 e. The zero-order valence-electron chi connectivity index (χ0n) is 15.8. The number of ketones is 1. The second-order valence-electron chi connectivity index (χ2n) is 7.56. The number of halogens is 1. The van der Waals surface area contributed by atoms with Crippen molar-refractivity contribution in [3.05, 3.63) is 41.9 Å². The number of benzene rings is 1. The van der Waals surface area contributed by atoms with Crippen molar-refractivity contribution in [3.8, 4) is 0 Å². The van der Waals surface area contributed by atoms with Gasteiger partial charge in [0.2, 0.25) is 5.69 Å². The van der Waals surface area contributed by atoms with Crippen LogP contribution in [0, 0.1) is 12.5 Å². The molecule has 1 N–H and O–H groups in total. The van der Waals surface area contributed by atoms with Crippen molar-refractivity contribution in [2.75, 3.05) is 31.1 Å². The number of ether oxygens (including phenoxy) is 1. The Kier molecular flexibility index (Phi) is 5.25. The molecule has 0 radical (unpaired) electrons. The van der Waals surface area contributed by atoms with Crippen LogP contribution in [-0.4, -0.2) is 55.3 Å². The third kappa shape index (κ3) is 3.58. The van der Waals surface area contributed by atoms with Gasteiger partial charge in [0.1, 0.15) is 12.3 Å². The van der Waals surface area contributed by atoms with Gasteiger partial charge in [0.05, 0.1) is 24.7 Å². The lowest BCUT2D eigenvalue weighted by atomic mass is 9.96. The van der Waals surface area contributed by atoms with Crippen molar-refractivity contribution >= 4 is 28.1 Å². The van der Waals surface area contributed by atoms with Gasteiger partial charge in [0.15, 0.2) is 5.78 Å². The van der Waals surface area contributed by atoms with Crippen LogP contribution >= 0.6 is 0 Å². The van der Waals surface area contributed by atoms with Crippen LogP contribution in [0.1, 0.15) is 13.3 Å². The van der Waals surface area contributed by atoms with Gasteiger partial charge < -0.3 is 15.0 Å². The Labute approximate surface area is 163 Å². The third-order valence-corrected chi connectivity index (χ3v) is 5.53. The van der Waals surface area contributed by atoms with Gasteiger partial charge in [-0.3, -0.25) is 9.78 Å². The zero-order chi connectivity index (χ0) is 19.7. The Morgan fingerprint density at radius 3 is 3.00 bits per heavy atom. The summed E-state index contributed by atoms with van der Waals surface area (Å²) in [6.45, 7) is 11.2. The number of hydrogen-bond acceptors (Lipinski definition) is 5. The monoisotopic (exact) mass is 382 g/mol. The number of aromatic nitrogens is 1. The summed E-state index contributed by atoms with van der Waals surface area (Å²) in [5.74, 6) is -0.321. The number of pyridine rings is 1. The summed E-state index contributed by atoms with van der Waals surface area (Å²) in [6, 6.07) is 7.48. The lowest BCUT2D eigenvalue weighted by Gasteiger charge is -2.38. The van der Waals surface area contributed by atoms with Crippen molar-refractivity contribution in [2.45, 2.75) is 31.7 Å². The Hall–Kier alpha value is -2.56. The number of carbonyl (C=O) groups excluding carboxylic acids is 1. The normalized spacial score (nSPS) is 27.7. The van der Waals surface area contributed by atoms with Gasteiger partial charge in [-0.25, -0.2) is 9.24 Å². The van der Waals surface area contributed by atoms with Crippen LogP contribution in [0.5, 0.6) is 0 Å². The highest BCUT2D eigenvalue weighted by atomic mass is 19.1. The molecule has 0 saturated carbocycles. The maximum atomic E-state index is 13.9. The highest BCUT2D eigenvalue weighted by Gasteiger charge is 2.35. The minimum atomic E-state index is -0.975. The van der Waals surface area contributed by atoms with Crippen LogP contribution in [-0.2, 0) is 9.53 Å². The molecular formula is C21H23FN4O2. The average molecular weight is 382 g/mol. The molecule has 0 bridgehead atoms. The number of anilines is 1. The summed E-state index contributed by atoms with van der Waals surface area (Å²) >= 11 is 0. The summed E-state index contributed by atoms with van der Waals surface area (Å²) < 4.78 is 19.8. The SMILES string of the molecule is [C-]#[N+]c1ccc(N2CC(C)O[C@@H](C(=O)C[C@H]3CNC[C@H]3F)C2)c2cccnc12. The fourth-order valence-electron chi connectivity index (χ4n) is 4.13. The van der Waals surface area contributed by atoms with Crippen LogP contribution in [0.25, 0.3) is 15.7 Å². The van der Waals surface area contributed by atoms with Crippen LogP contribution in [0.3, 0.4) is 0 Å². The molecule has 1 unspecified atom stereocenters. The number of fused-ring (bicyclic) bond motifs is 1. The van der Waals surface area contributed by atoms with Crippen molar-refractivity contribution < 1.29 is 13.9 Å². The molecular weight excluding hydrogens is 359 g/mol. The first-order valence-corrected chi connectivity index (χ1v) is 9.60. The first-order valence-electron chi connectivity index (χ1n) is 9.60. The molecule has 2 aliphatic heterocycles.